The maximum Gasteiger partial charge on any atom is 0.309 e. The third-order valence-electron chi connectivity index (χ3n) is 3.47. The number of nitrogens with one attached hydrogen (secondary N) is 1. The molecule has 0 saturated heterocycles. The van der Waals surface area contributed by atoms with E-state index in [9.17, 15) is 4.79 Å². The number of imidazole rings is 1. The lowest BCUT2D eigenvalue weighted by Crippen LogP contribution is -2.07. The molecule has 0 amide bonds. The van der Waals surface area contributed by atoms with E-state index in [0.29, 0.717) is 6.61 Å². The highest BCUT2D eigenvalue weighted by Crippen LogP contribution is 2.49. The third kappa shape index (κ3) is 2.26. The second kappa shape index (κ2) is 4.88. The lowest BCUT2D eigenvalue weighted by molar-refractivity contribution is -0.144. The van der Waals surface area contributed by atoms with Gasteiger partial charge in [-0.2, -0.15) is 0 Å². The van der Waals surface area contributed by atoms with Gasteiger partial charge in [0.25, 0.3) is 0 Å². The van der Waals surface area contributed by atoms with Crippen LogP contribution in [0.15, 0.2) is 36.7 Å². The molecule has 0 bridgehead atoms. The summed E-state index contributed by atoms with van der Waals surface area (Å²) < 4.78 is 5.07. The van der Waals surface area contributed by atoms with Gasteiger partial charge in [-0.25, -0.2) is 4.98 Å². The number of ether oxygens (including phenoxy) is 1. The molecule has 0 spiro atoms. The molecule has 4 nitrogen and oxygen atoms in total. The molecule has 1 aromatic carbocycles. The summed E-state index contributed by atoms with van der Waals surface area (Å²) in [6.07, 6.45) is 2.54. The van der Waals surface area contributed by atoms with Crippen LogP contribution in [0.3, 0.4) is 0 Å². The summed E-state index contributed by atoms with van der Waals surface area (Å²) in [5, 5.41) is 0. The first-order valence-corrected chi connectivity index (χ1v) is 6.56. The van der Waals surface area contributed by atoms with Crippen molar-refractivity contribution < 1.29 is 9.53 Å². The van der Waals surface area contributed by atoms with Gasteiger partial charge < -0.3 is 9.72 Å². The summed E-state index contributed by atoms with van der Waals surface area (Å²) in [5.41, 5.74) is 3.06. The highest BCUT2D eigenvalue weighted by molar-refractivity contribution is 5.78. The third-order valence-corrected chi connectivity index (χ3v) is 3.47. The first-order valence-electron chi connectivity index (χ1n) is 6.56. The topological polar surface area (TPSA) is 55.0 Å². The van der Waals surface area contributed by atoms with E-state index in [2.05, 4.69) is 9.97 Å². The van der Waals surface area contributed by atoms with Gasteiger partial charge in [-0.05, 0) is 13.3 Å². The van der Waals surface area contributed by atoms with Crippen LogP contribution in [0.1, 0.15) is 25.0 Å². The molecular weight excluding hydrogens is 240 g/mol. The fraction of sp³-hybridized carbons (Fsp3) is 0.333. The number of hydrogen-bond donors (Lipinski definition) is 1. The van der Waals surface area contributed by atoms with Gasteiger partial charge in [0.2, 0.25) is 0 Å². The van der Waals surface area contributed by atoms with Crippen molar-refractivity contribution in [2.45, 2.75) is 19.3 Å². The molecule has 4 heteroatoms. The number of carbonyl (C=O) groups excluding carboxylic acids is 1. The Hall–Kier alpha value is -2.10. The Morgan fingerprint density at radius 3 is 2.95 bits per heavy atom. The van der Waals surface area contributed by atoms with Gasteiger partial charge in [0.05, 0.1) is 24.5 Å². The van der Waals surface area contributed by atoms with E-state index < -0.39 is 0 Å². The molecule has 2 aromatic rings. The number of esters is 1. The van der Waals surface area contributed by atoms with Crippen LogP contribution in [0.25, 0.3) is 11.3 Å². The Kier molecular flexibility index (Phi) is 3.07. The molecule has 1 saturated carbocycles. The summed E-state index contributed by atoms with van der Waals surface area (Å²) in [5.74, 6) is 0.112. The highest BCUT2D eigenvalue weighted by Gasteiger charge is 2.47. The van der Waals surface area contributed by atoms with E-state index in [0.717, 1.165) is 23.4 Å². The number of aromatic nitrogens is 2. The molecule has 1 N–H and O–H groups in total. The van der Waals surface area contributed by atoms with Gasteiger partial charge in [0.1, 0.15) is 0 Å². The van der Waals surface area contributed by atoms with Crippen molar-refractivity contribution in [2.75, 3.05) is 6.61 Å². The minimum Gasteiger partial charge on any atom is -0.466 e. The van der Waals surface area contributed by atoms with E-state index in [1.165, 1.54) is 0 Å². The van der Waals surface area contributed by atoms with E-state index >= 15 is 0 Å². The number of carbonyl (C=O) groups is 1. The summed E-state index contributed by atoms with van der Waals surface area (Å²) in [6.45, 7) is 2.28. The Labute approximate surface area is 111 Å². The van der Waals surface area contributed by atoms with Crippen molar-refractivity contribution in [3.63, 3.8) is 0 Å². The van der Waals surface area contributed by atoms with Crippen molar-refractivity contribution in [3.05, 3.63) is 42.4 Å². The monoisotopic (exact) mass is 256 g/mol. The minimum absolute atomic E-state index is 0.0112. The van der Waals surface area contributed by atoms with E-state index in [1.54, 1.807) is 6.33 Å². The maximum absolute atomic E-state index is 11.7. The lowest BCUT2D eigenvalue weighted by Gasteiger charge is -2.03. The van der Waals surface area contributed by atoms with E-state index in [1.807, 2.05) is 37.3 Å². The molecule has 1 aliphatic carbocycles. The summed E-state index contributed by atoms with van der Waals surface area (Å²) in [7, 11) is 0. The zero-order valence-corrected chi connectivity index (χ0v) is 10.8. The normalized spacial score (nSPS) is 21.1. The standard InChI is InChI=1S/C15H16N2O2/c1-2-19-15(18)12-8-11(12)14-13(16-9-17-14)10-6-4-3-5-7-10/h3-7,9,11-12H,2,8H2,1H3,(H,16,17)/t11-,12+/m0/s1. The van der Waals surface area contributed by atoms with Crippen molar-refractivity contribution in [1.82, 2.24) is 9.97 Å². The first-order chi connectivity index (χ1) is 9.31. The number of hydrogen-bond acceptors (Lipinski definition) is 3. The second-order valence-corrected chi connectivity index (χ2v) is 4.73. The van der Waals surface area contributed by atoms with E-state index in [-0.39, 0.29) is 17.8 Å². The Balaban J connectivity index is 1.82. The van der Waals surface area contributed by atoms with Gasteiger partial charge in [-0.1, -0.05) is 30.3 Å². The summed E-state index contributed by atoms with van der Waals surface area (Å²) in [6, 6.07) is 10.0. The predicted molar refractivity (Wildman–Crippen MR) is 71.5 cm³/mol. The van der Waals surface area contributed by atoms with Crippen LogP contribution in [0.2, 0.25) is 0 Å². The van der Waals surface area contributed by atoms with Gasteiger partial charge >= 0.3 is 5.97 Å². The van der Waals surface area contributed by atoms with Crippen LogP contribution >= 0.6 is 0 Å². The van der Waals surface area contributed by atoms with Gasteiger partial charge in [-0.15, -0.1) is 0 Å². The molecule has 19 heavy (non-hydrogen) atoms. The highest BCUT2D eigenvalue weighted by atomic mass is 16.5. The van der Waals surface area contributed by atoms with Crippen LogP contribution in [-0.2, 0) is 9.53 Å². The maximum atomic E-state index is 11.7. The second-order valence-electron chi connectivity index (χ2n) is 4.73. The molecule has 3 rings (SSSR count). The largest absolute Gasteiger partial charge is 0.466 e. The van der Waals surface area contributed by atoms with Crippen LogP contribution < -0.4 is 0 Å². The van der Waals surface area contributed by atoms with Crippen molar-refractivity contribution in [3.8, 4) is 11.3 Å². The molecular formula is C15H16N2O2. The SMILES string of the molecule is CCOC(=O)[C@@H]1C[C@@H]1c1[nH]cnc1-c1ccccc1. The summed E-state index contributed by atoms with van der Waals surface area (Å²) in [4.78, 5) is 19.3. The van der Waals surface area contributed by atoms with Crippen molar-refractivity contribution >= 4 is 5.97 Å². The van der Waals surface area contributed by atoms with Crippen molar-refractivity contribution in [1.29, 1.82) is 0 Å². The molecule has 0 aliphatic heterocycles. The molecule has 0 unspecified atom stereocenters. The average molecular weight is 256 g/mol. The van der Waals surface area contributed by atoms with Crippen LogP contribution in [0.4, 0.5) is 0 Å². The van der Waals surface area contributed by atoms with Gasteiger partial charge in [0.15, 0.2) is 0 Å². The fourth-order valence-electron chi connectivity index (χ4n) is 2.44. The number of rotatable bonds is 4. The minimum atomic E-state index is -0.0962. The van der Waals surface area contributed by atoms with Gasteiger partial charge in [-0.3, -0.25) is 4.79 Å². The number of H-pyrrole nitrogens is 1. The molecule has 1 aliphatic rings. The number of aromatic amines is 1. The average Bonchev–Trinajstić information content (AvgIpc) is 3.09. The molecule has 0 radical (unpaired) electrons. The van der Waals surface area contributed by atoms with Crippen LogP contribution in [0.5, 0.6) is 0 Å². The Morgan fingerprint density at radius 2 is 2.21 bits per heavy atom. The number of benzene rings is 1. The molecule has 2 atom stereocenters. The summed E-state index contributed by atoms with van der Waals surface area (Å²) >= 11 is 0. The molecule has 1 aromatic heterocycles. The van der Waals surface area contributed by atoms with Crippen LogP contribution in [-0.4, -0.2) is 22.5 Å². The first kappa shape index (κ1) is 12.0. The molecule has 1 fully saturated rings. The fourth-order valence-corrected chi connectivity index (χ4v) is 2.44. The number of nitrogens with zero attached hydrogens (tertiary/aromatic N) is 1. The Bertz CT molecular complexity index is 577. The lowest BCUT2D eigenvalue weighted by atomic mass is 10.1. The predicted octanol–water partition coefficient (Wildman–Crippen LogP) is 2.74. The quantitative estimate of drug-likeness (QED) is 0.856. The Morgan fingerprint density at radius 1 is 1.42 bits per heavy atom. The van der Waals surface area contributed by atoms with Crippen LogP contribution in [0, 0.1) is 5.92 Å². The molecule has 98 valence electrons. The smallest absolute Gasteiger partial charge is 0.309 e. The molecule has 1 heterocycles. The van der Waals surface area contributed by atoms with E-state index in [4.69, 9.17) is 4.74 Å². The zero-order chi connectivity index (χ0) is 13.2. The van der Waals surface area contributed by atoms with Crippen molar-refractivity contribution in [2.24, 2.45) is 5.92 Å². The van der Waals surface area contributed by atoms with Gasteiger partial charge in [0, 0.05) is 17.2 Å². The zero-order valence-electron chi connectivity index (χ0n) is 10.8.